The summed E-state index contributed by atoms with van der Waals surface area (Å²) in [7, 11) is 0. The highest BCUT2D eigenvalue weighted by molar-refractivity contribution is 6.76. The monoisotopic (exact) mass is 273 g/mol. The fourth-order valence-electron chi connectivity index (χ4n) is 1.29. The van der Waals surface area contributed by atoms with E-state index in [2.05, 4.69) is 12.2 Å². The maximum Gasteiger partial charge on any atom is 0.272 e. The lowest BCUT2D eigenvalue weighted by Gasteiger charge is -2.19. The molecule has 0 rings (SSSR count). The number of carbonyl (C=O) groups is 1. The molecule has 1 atom stereocenters. The van der Waals surface area contributed by atoms with Crippen molar-refractivity contribution in [2.45, 2.75) is 55.8 Å². The largest absolute Gasteiger partial charge is 0.350 e. The third-order valence-electron chi connectivity index (χ3n) is 2.24. The number of alkyl halides is 3. The molecule has 2 nitrogen and oxygen atoms in total. The standard InChI is InChI=1S/C10H18Cl3NO/c1-3-5-6-7-8(4-2)14-9(15)10(11,12)13/h8H,3-7H2,1-2H3,(H,14,15). The highest BCUT2D eigenvalue weighted by Crippen LogP contribution is 2.26. The molecule has 1 amide bonds. The second-order valence-corrected chi connectivity index (χ2v) is 5.85. The molecule has 0 aliphatic rings. The van der Waals surface area contributed by atoms with Crippen molar-refractivity contribution in [2.24, 2.45) is 0 Å². The van der Waals surface area contributed by atoms with Crippen molar-refractivity contribution in [3.8, 4) is 0 Å². The van der Waals surface area contributed by atoms with Gasteiger partial charge in [-0.05, 0) is 12.8 Å². The van der Waals surface area contributed by atoms with Crippen molar-refractivity contribution in [3.63, 3.8) is 0 Å². The first-order valence-corrected chi connectivity index (χ1v) is 6.42. The van der Waals surface area contributed by atoms with Gasteiger partial charge < -0.3 is 5.32 Å². The molecule has 15 heavy (non-hydrogen) atoms. The number of nitrogens with one attached hydrogen (secondary N) is 1. The first-order chi connectivity index (χ1) is 6.91. The summed E-state index contributed by atoms with van der Waals surface area (Å²) >= 11 is 16.4. The minimum absolute atomic E-state index is 0.111. The molecule has 90 valence electrons. The van der Waals surface area contributed by atoms with Crippen molar-refractivity contribution in [2.75, 3.05) is 0 Å². The smallest absolute Gasteiger partial charge is 0.272 e. The zero-order chi connectivity index (χ0) is 11.9. The second kappa shape index (κ2) is 7.59. The summed E-state index contributed by atoms with van der Waals surface area (Å²) in [6.07, 6.45) is 5.22. The van der Waals surface area contributed by atoms with Gasteiger partial charge in [0.2, 0.25) is 0 Å². The summed E-state index contributed by atoms with van der Waals surface area (Å²) in [5.41, 5.74) is 0. The van der Waals surface area contributed by atoms with Crippen molar-refractivity contribution in [1.82, 2.24) is 5.32 Å². The lowest BCUT2D eigenvalue weighted by molar-refractivity contribution is -0.121. The number of amides is 1. The Morgan fingerprint density at radius 3 is 2.27 bits per heavy atom. The highest BCUT2D eigenvalue weighted by Gasteiger charge is 2.31. The van der Waals surface area contributed by atoms with Crippen LogP contribution in [0.1, 0.15) is 46.0 Å². The molecule has 1 unspecified atom stereocenters. The van der Waals surface area contributed by atoms with E-state index in [1.807, 2.05) is 6.92 Å². The molecule has 0 bridgehead atoms. The van der Waals surface area contributed by atoms with Gasteiger partial charge in [-0.2, -0.15) is 0 Å². The highest BCUT2D eigenvalue weighted by atomic mass is 35.6. The van der Waals surface area contributed by atoms with Crippen molar-refractivity contribution in [1.29, 1.82) is 0 Å². The summed E-state index contributed by atoms with van der Waals surface area (Å²) < 4.78 is -1.85. The van der Waals surface area contributed by atoms with E-state index in [-0.39, 0.29) is 6.04 Å². The van der Waals surface area contributed by atoms with E-state index < -0.39 is 9.70 Å². The first-order valence-electron chi connectivity index (χ1n) is 5.29. The van der Waals surface area contributed by atoms with Crippen molar-refractivity contribution in [3.05, 3.63) is 0 Å². The van der Waals surface area contributed by atoms with E-state index in [1.54, 1.807) is 0 Å². The zero-order valence-corrected chi connectivity index (χ0v) is 11.4. The summed E-state index contributed by atoms with van der Waals surface area (Å²) in [6.45, 7) is 4.15. The molecule has 0 saturated heterocycles. The van der Waals surface area contributed by atoms with Crippen LogP contribution in [-0.2, 0) is 4.79 Å². The van der Waals surface area contributed by atoms with Crippen LogP contribution >= 0.6 is 34.8 Å². The zero-order valence-electron chi connectivity index (χ0n) is 9.16. The molecule has 0 aromatic carbocycles. The van der Waals surface area contributed by atoms with E-state index in [1.165, 1.54) is 6.42 Å². The van der Waals surface area contributed by atoms with E-state index >= 15 is 0 Å². The molecular formula is C10H18Cl3NO. The Balaban J connectivity index is 3.94. The van der Waals surface area contributed by atoms with Gasteiger partial charge in [0.05, 0.1) is 0 Å². The quantitative estimate of drug-likeness (QED) is 0.579. The Hall–Kier alpha value is 0.340. The molecule has 5 heteroatoms. The number of rotatable bonds is 6. The number of hydrogen-bond acceptors (Lipinski definition) is 1. The van der Waals surface area contributed by atoms with Crippen LogP contribution in [0.25, 0.3) is 0 Å². The lowest BCUT2D eigenvalue weighted by atomic mass is 10.1. The Morgan fingerprint density at radius 1 is 1.27 bits per heavy atom. The van der Waals surface area contributed by atoms with Crippen LogP contribution in [0, 0.1) is 0 Å². The average molecular weight is 275 g/mol. The summed E-state index contributed by atoms with van der Waals surface area (Å²) in [5, 5.41) is 2.73. The molecule has 0 aromatic rings. The van der Waals surface area contributed by atoms with Gasteiger partial charge >= 0.3 is 0 Å². The third kappa shape index (κ3) is 7.26. The molecule has 0 fully saturated rings. The second-order valence-electron chi connectivity index (χ2n) is 3.57. The van der Waals surface area contributed by atoms with Crippen LogP contribution in [0.15, 0.2) is 0 Å². The Bertz CT molecular complexity index is 192. The van der Waals surface area contributed by atoms with Crippen LogP contribution in [0.4, 0.5) is 0 Å². The predicted octanol–water partition coefficient (Wildman–Crippen LogP) is 3.83. The predicted molar refractivity (Wildman–Crippen MR) is 66.7 cm³/mol. The third-order valence-corrected chi connectivity index (χ3v) is 2.76. The Morgan fingerprint density at radius 2 is 1.87 bits per heavy atom. The Kier molecular flexibility index (Phi) is 7.76. The number of carbonyl (C=O) groups excluding carboxylic acids is 1. The molecule has 0 aliphatic carbocycles. The van der Waals surface area contributed by atoms with E-state index in [9.17, 15) is 4.79 Å². The molecule has 0 heterocycles. The van der Waals surface area contributed by atoms with Gasteiger partial charge in [0, 0.05) is 6.04 Å². The molecule has 0 radical (unpaired) electrons. The number of halogens is 3. The van der Waals surface area contributed by atoms with Crippen LogP contribution in [-0.4, -0.2) is 15.7 Å². The number of unbranched alkanes of at least 4 members (excludes halogenated alkanes) is 2. The van der Waals surface area contributed by atoms with Crippen LogP contribution in [0.2, 0.25) is 0 Å². The van der Waals surface area contributed by atoms with Gasteiger partial charge in [-0.3, -0.25) is 4.79 Å². The van der Waals surface area contributed by atoms with Crippen LogP contribution in [0.5, 0.6) is 0 Å². The van der Waals surface area contributed by atoms with Gasteiger partial charge in [-0.15, -0.1) is 0 Å². The minimum Gasteiger partial charge on any atom is -0.350 e. The van der Waals surface area contributed by atoms with Gasteiger partial charge in [0.25, 0.3) is 9.70 Å². The maximum absolute atomic E-state index is 11.4. The summed E-state index contributed by atoms with van der Waals surface area (Å²) in [4.78, 5) is 11.4. The first kappa shape index (κ1) is 15.3. The minimum atomic E-state index is -1.85. The topological polar surface area (TPSA) is 29.1 Å². The van der Waals surface area contributed by atoms with E-state index in [0.29, 0.717) is 0 Å². The lowest BCUT2D eigenvalue weighted by Crippen LogP contribution is -2.41. The van der Waals surface area contributed by atoms with Gasteiger partial charge in [-0.1, -0.05) is 67.9 Å². The molecular weight excluding hydrogens is 256 g/mol. The molecule has 0 aliphatic heterocycles. The molecule has 1 N–H and O–H groups in total. The normalized spacial score (nSPS) is 13.7. The summed E-state index contributed by atoms with van der Waals surface area (Å²) in [6, 6.07) is 0.111. The summed E-state index contributed by atoms with van der Waals surface area (Å²) in [5.74, 6) is -0.532. The molecule has 0 saturated carbocycles. The SMILES string of the molecule is CCCCCC(CC)NC(=O)C(Cl)(Cl)Cl. The van der Waals surface area contributed by atoms with Crippen molar-refractivity contribution < 1.29 is 4.79 Å². The fraction of sp³-hybridized carbons (Fsp3) is 0.900. The Labute approximate surface area is 107 Å². The van der Waals surface area contributed by atoms with E-state index in [0.717, 1.165) is 25.7 Å². The van der Waals surface area contributed by atoms with Crippen molar-refractivity contribution >= 4 is 40.7 Å². The fourth-order valence-corrected chi connectivity index (χ4v) is 1.45. The number of hydrogen-bond donors (Lipinski definition) is 1. The van der Waals surface area contributed by atoms with E-state index in [4.69, 9.17) is 34.8 Å². The molecule has 0 aromatic heterocycles. The average Bonchev–Trinajstić information content (AvgIpc) is 2.14. The maximum atomic E-state index is 11.4. The van der Waals surface area contributed by atoms with Gasteiger partial charge in [0.15, 0.2) is 0 Å². The van der Waals surface area contributed by atoms with Gasteiger partial charge in [0.1, 0.15) is 0 Å². The van der Waals surface area contributed by atoms with Crippen LogP contribution < -0.4 is 5.32 Å². The molecule has 0 spiro atoms. The van der Waals surface area contributed by atoms with Crippen LogP contribution in [0.3, 0.4) is 0 Å². The van der Waals surface area contributed by atoms with Gasteiger partial charge in [-0.25, -0.2) is 0 Å².